The van der Waals surface area contributed by atoms with E-state index in [1.165, 1.54) is 26.2 Å². The highest BCUT2D eigenvalue weighted by Crippen LogP contribution is 2.31. The van der Waals surface area contributed by atoms with Crippen LogP contribution in [-0.4, -0.2) is 18.9 Å². The maximum absolute atomic E-state index is 10.8. The van der Waals surface area contributed by atoms with E-state index in [0.717, 1.165) is 6.61 Å². The van der Waals surface area contributed by atoms with Crippen molar-refractivity contribution in [2.75, 3.05) is 6.61 Å². The zero-order valence-electron chi connectivity index (χ0n) is 9.29. The van der Waals surface area contributed by atoms with E-state index in [2.05, 4.69) is 13.8 Å². The standard InChI is InChI=1S/C11H20O3/c1-4-5-6-10-7-13-11(8(10)2)14-9(3)12/h8,10-11H,4-7H2,1-3H3. The fourth-order valence-electron chi connectivity index (χ4n) is 1.86. The molecule has 14 heavy (non-hydrogen) atoms. The van der Waals surface area contributed by atoms with E-state index in [9.17, 15) is 4.79 Å². The molecule has 3 heteroatoms. The molecule has 1 saturated heterocycles. The Bertz CT molecular complexity index is 191. The Morgan fingerprint density at radius 3 is 2.86 bits per heavy atom. The van der Waals surface area contributed by atoms with Crippen LogP contribution in [0.1, 0.15) is 40.0 Å². The molecule has 0 aromatic carbocycles. The van der Waals surface area contributed by atoms with Gasteiger partial charge in [-0.1, -0.05) is 26.7 Å². The van der Waals surface area contributed by atoms with Gasteiger partial charge in [0.15, 0.2) is 0 Å². The van der Waals surface area contributed by atoms with Gasteiger partial charge in [0.25, 0.3) is 0 Å². The fraction of sp³-hybridized carbons (Fsp3) is 0.909. The molecule has 1 aliphatic rings. The molecule has 0 aliphatic carbocycles. The Morgan fingerprint density at radius 2 is 2.29 bits per heavy atom. The molecule has 0 aromatic rings. The van der Waals surface area contributed by atoms with Gasteiger partial charge in [-0.25, -0.2) is 0 Å². The van der Waals surface area contributed by atoms with Crippen LogP contribution in [0.4, 0.5) is 0 Å². The molecule has 0 bridgehead atoms. The summed E-state index contributed by atoms with van der Waals surface area (Å²) in [5, 5.41) is 0. The lowest BCUT2D eigenvalue weighted by Crippen LogP contribution is -2.22. The van der Waals surface area contributed by atoms with Gasteiger partial charge in [-0.05, 0) is 12.3 Å². The second kappa shape index (κ2) is 5.35. The highest BCUT2D eigenvalue weighted by Gasteiger charge is 2.35. The van der Waals surface area contributed by atoms with E-state index in [-0.39, 0.29) is 12.3 Å². The maximum Gasteiger partial charge on any atom is 0.304 e. The third-order valence-electron chi connectivity index (χ3n) is 2.86. The largest absolute Gasteiger partial charge is 0.436 e. The van der Waals surface area contributed by atoms with E-state index in [0.29, 0.717) is 11.8 Å². The lowest BCUT2D eigenvalue weighted by molar-refractivity contribution is -0.172. The number of hydrogen-bond donors (Lipinski definition) is 0. The van der Waals surface area contributed by atoms with E-state index >= 15 is 0 Å². The van der Waals surface area contributed by atoms with Gasteiger partial charge in [0.05, 0.1) is 6.61 Å². The zero-order chi connectivity index (χ0) is 10.6. The Balaban J connectivity index is 2.34. The SMILES string of the molecule is CCCCC1COC(OC(C)=O)C1C. The topological polar surface area (TPSA) is 35.5 Å². The van der Waals surface area contributed by atoms with Gasteiger partial charge >= 0.3 is 5.97 Å². The Hall–Kier alpha value is -0.570. The van der Waals surface area contributed by atoms with Crippen molar-refractivity contribution in [2.45, 2.75) is 46.3 Å². The van der Waals surface area contributed by atoms with Crippen molar-refractivity contribution in [3.05, 3.63) is 0 Å². The van der Waals surface area contributed by atoms with Crippen molar-refractivity contribution in [3.63, 3.8) is 0 Å². The molecule has 0 amide bonds. The van der Waals surface area contributed by atoms with Crippen LogP contribution in [0.15, 0.2) is 0 Å². The van der Waals surface area contributed by atoms with Crippen LogP contribution in [0, 0.1) is 11.8 Å². The first kappa shape index (κ1) is 11.5. The minimum Gasteiger partial charge on any atom is -0.436 e. The van der Waals surface area contributed by atoms with Gasteiger partial charge < -0.3 is 9.47 Å². The summed E-state index contributed by atoms with van der Waals surface area (Å²) in [6, 6.07) is 0. The molecule has 1 heterocycles. The van der Waals surface area contributed by atoms with Crippen LogP contribution in [0.2, 0.25) is 0 Å². The first-order chi connectivity index (χ1) is 6.65. The van der Waals surface area contributed by atoms with Crippen LogP contribution in [0.5, 0.6) is 0 Å². The molecule has 1 fully saturated rings. The summed E-state index contributed by atoms with van der Waals surface area (Å²) in [5.74, 6) is 0.641. The molecular weight excluding hydrogens is 180 g/mol. The Kier molecular flexibility index (Phi) is 4.39. The number of unbranched alkanes of at least 4 members (excludes halogenated alkanes) is 1. The smallest absolute Gasteiger partial charge is 0.304 e. The predicted octanol–water partition coefficient (Wildman–Crippen LogP) is 2.35. The molecule has 82 valence electrons. The normalized spacial score (nSPS) is 31.8. The molecular formula is C11H20O3. The second-order valence-electron chi connectivity index (χ2n) is 4.07. The molecule has 0 N–H and O–H groups in total. The lowest BCUT2D eigenvalue weighted by Gasteiger charge is -2.17. The summed E-state index contributed by atoms with van der Waals surface area (Å²) in [6.45, 7) is 6.44. The van der Waals surface area contributed by atoms with E-state index in [1.54, 1.807) is 0 Å². The summed E-state index contributed by atoms with van der Waals surface area (Å²) < 4.78 is 10.5. The molecule has 0 aromatic heterocycles. The van der Waals surface area contributed by atoms with Crippen LogP contribution in [0.25, 0.3) is 0 Å². The van der Waals surface area contributed by atoms with Gasteiger partial charge in [-0.2, -0.15) is 0 Å². The van der Waals surface area contributed by atoms with Crippen LogP contribution in [0.3, 0.4) is 0 Å². The van der Waals surface area contributed by atoms with Crippen molar-refractivity contribution in [2.24, 2.45) is 11.8 Å². The molecule has 0 saturated carbocycles. The second-order valence-corrected chi connectivity index (χ2v) is 4.07. The number of carbonyl (C=O) groups excluding carboxylic acids is 1. The summed E-state index contributed by atoms with van der Waals surface area (Å²) in [4.78, 5) is 10.8. The number of rotatable bonds is 4. The highest BCUT2D eigenvalue weighted by molar-refractivity contribution is 5.66. The average molecular weight is 200 g/mol. The summed E-state index contributed by atoms with van der Waals surface area (Å²) in [7, 11) is 0. The highest BCUT2D eigenvalue weighted by atomic mass is 16.7. The number of carbonyl (C=O) groups is 1. The first-order valence-electron chi connectivity index (χ1n) is 5.44. The quantitative estimate of drug-likeness (QED) is 0.653. The third kappa shape index (κ3) is 2.98. The van der Waals surface area contributed by atoms with Gasteiger partial charge in [-0.15, -0.1) is 0 Å². The molecule has 0 spiro atoms. The van der Waals surface area contributed by atoms with E-state index in [1.807, 2.05) is 0 Å². The average Bonchev–Trinajstić information content (AvgIpc) is 2.45. The summed E-state index contributed by atoms with van der Waals surface area (Å²) >= 11 is 0. The van der Waals surface area contributed by atoms with E-state index in [4.69, 9.17) is 9.47 Å². The van der Waals surface area contributed by atoms with E-state index < -0.39 is 0 Å². The minimum atomic E-state index is -0.311. The maximum atomic E-state index is 10.8. The fourth-order valence-corrected chi connectivity index (χ4v) is 1.86. The van der Waals surface area contributed by atoms with Gasteiger partial charge in [0, 0.05) is 12.8 Å². The first-order valence-corrected chi connectivity index (χ1v) is 5.44. The molecule has 1 rings (SSSR count). The van der Waals surface area contributed by atoms with Crippen molar-refractivity contribution >= 4 is 5.97 Å². The predicted molar refractivity (Wildman–Crippen MR) is 53.7 cm³/mol. The van der Waals surface area contributed by atoms with Crippen LogP contribution in [-0.2, 0) is 14.3 Å². The molecule has 0 radical (unpaired) electrons. The Morgan fingerprint density at radius 1 is 1.57 bits per heavy atom. The van der Waals surface area contributed by atoms with Crippen LogP contribution < -0.4 is 0 Å². The van der Waals surface area contributed by atoms with Gasteiger partial charge in [0.1, 0.15) is 0 Å². The third-order valence-corrected chi connectivity index (χ3v) is 2.86. The van der Waals surface area contributed by atoms with Crippen molar-refractivity contribution in [1.82, 2.24) is 0 Å². The summed E-state index contributed by atoms with van der Waals surface area (Å²) in [6.07, 6.45) is 3.30. The van der Waals surface area contributed by atoms with Gasteiger partial charge in [0.2, 0.25) is 6.29 Å². The van der Waals surface area contributed by atoms with Crippen LogP contribution >= 0.6 is 0 Å². The Labute approximate surface area is 85.8 Å². The van der Waals surface area contributed by atoms with Crippen molar-refractivity contribution < 1.29 is 14.3 Å². The minimum absolute atomic E-state index is 0.252. The van der Waals surface area contributed by atoms with Crippen molar-refractivity contribution in [3.8, 4) is 0 Å². The molecule has 3 unspecified atom stereocenters. The number of ether oxygens (including phenoxy) is 2. The van der Waals surface area contributed by atoms with Crippen molar-refractivity contribution in [1.29, 1.82) is 0 Å². The molecule has 1 aliphatic heterocycles. The zero-order valence-corrected chi connectivity index (χ0v) is 9.29. The number of hydrogen-bond acceptors (Lipinski definition) is 3. The van der Waals surface area contributed by atoms with Gasteiger partial charge in [-0.3, -0.25) is 4.79 Å². The monoisotopic (exact) mass is 200 g/mol. The summed E-state index contributed by atoms with van der Waals surface area (Å²) in [5.41, 5.74) is 0. The lowest BCUT2D eigenvalue weighted by atomic mass is 9.92. The molecule has 3 atom stereocenters. The molecule has 3 nitrogen and oxygen atoms in total. The number of esters is 1.